The number of carbonyl (C=O) groups excluding carboxylic acids is 1. The number of nitrogens with zero attached hydrogens (tertiary/aromatic N) is 1. The zero-order chi connectivity index (χ0) is 18.1. The molecule has 0 unspecified atom stereocenters. The Hall–Kier alpha value is -2.99. The van der Waals surface area contributed by atoms with Crippen LogP contribution in [0, 0.1) is 0 Å². The van der Waals surface area contributed by atoms with Crippen LogP contribution in [-0.4, -0.2) is 31.2 Å². The van der Waals surface area contributed by atoms with E-state index in [-0.39, 0.29) is 25.3 Å². The summed E-state index contributed by atoms with van der Waals surface area (Å²) in [5, 5.41) is 3.95. The van der Waals surface area contributed by atoms with E-state index >= 15 is 0 Å². The summed E-state index contributed by atoms with van der Waals surface area (Å²) in [6.45, 7) is 2.47. The smallest absolute Gasteiger partial charge is 0.238 e. The molecule has 6 heteroatoms. The Morgan fingerprint density at radius 3 is 2.81 bits per heavy atom. The van der Waals surface area contributed by atoms with Crippen molar-refractivity contribution in [3.05, 3.63) is 54.3 Å². The van der Waals surface area contributed by atoms with Gasteiger partial charge in [-0.1, -0.05) is 18.2 Å². The fraction of sp³-hybridized carbons (Fsp3) is 0.250. The number of furan rings is 1. The third-order valence-corrected chi connectivity index (χ3v) is 4.57. The first-order valence-corrected chi connectivity index (χ1v) is 8.48. The van der Waals surface area contributed by atoms with Gasteiger partial charge in [-0.05, 0) is 38.2 Å². The van der Waals surface area contributed by atoms with E-state index in [0.717, 1.165) is 16.7 Å². The number of rotatable bonds is 5. The average molecular weight is 352 g/mol. The van der Waals surface area contributed by atoms with Gasteiger partial charge in [0.2, 0.25) is 12.7 Å². The van der Waals surface area contributed by atoms with Gasteiger partial charge in [-0.25, -0.2) is 0 Å². The van der Waals surface area contributed by atoms with Crippen molar-refractivity contribution < 1.29 is 18.7 Å². The number of carbonyl (C=O) groups is 1. The molecule has 26 heavy (non-hydrogen) atoms. The Kier molecular flexibility index (Phi) is 4.26. The second kappa shape index (κ2) is 6.72. The van der Waals surface area contributed by atoms with Crippen LogP contribution in [0.1, 0.15) is 18.7 Å². The van der Waals surface area contributed by atoms with Gasteiger partial charge in [-0.2, -0.15) is 0 Å². The first-order chi connectivity index (χ1) is 12.6. The van der Waals surface area contributed by atoms with Crippen molar-refractivity contribution in [2.24, 2.45) is 0 Å². The van der Waals surface area contributed by atoms with Crippen molar-refractivity contribution >= 4 is 22.6 Å². The molecule has 1 N–H and O–H groups in total. The molecule has 134 valence electrons. The van der Waals surface area contributed by atoms with Crippen LogP contribution in [0.2, 0.25) is 0 Å². The number of hydrogen-bond donors (Lipinski definition) is 1. The second-order valence-electron chi connectivity index (χ2n) is 6.39. The summed E-state index contributed by atoms with van der Waals surface area (Å²) in [6.07, 6.45) is 0. The number of hydrogen-bond acceptors (Lipinski definition) is 5. The second-order valence-corrected chi connectivity index (χ2v) is 6.39. The van der Waals surface area contributed by atoms with E-state index < -0.39 is 0 Å². The molecule has 1 atom stereocenters. The summed E-state index contributed by atoms with van der Waals surface area (Å²) in [6, 6.07) is 15.2. The molecule has 0 saturated heterocycles. The van der Waals surface area contributed by atoms with Crippen molar-refractivity contribution in [3.8, 4) is 11.5 Å². The van der Waals surface area contributed by atoms with Gasteiger partial charge in [0.1, 0.15) is 11.3 Å². The number of anilines is 1. The highest BCUT2D eigenvalue weighted by Gasteiger charge is 2.19. The van der Waals surface area contributed by atoms with Gasteiger partial charge in [-0.3, -0.25) is 9.69 Å². The minimum Gasteiger partial charge on any atom is -0.459 e. The van der Waals surface area contributed by atoms with E-state index in [1.54, 1.807) is 18.2 Å². The van der Waals surface area contributed by atoms with Crippen LogP contribution in [0.5, 0.6) is 11.5 Å². The van der Waals surface area contributed by atoms with Gasteiger partial charge in [0.15, 0.2) is 11.5 Å². The Morgan fingerprint density at radius 1 is 1.15 bits per heavy atom. The van der Waals surface area contributed by atoms with Crippen molar-refractivity contribution in [3.63, 3.8) is 0 Å². The lowest BCUT2D eigenvalue weighted by Crippen LogP contribution is -2.32. The first-order valence-electron chi connectivity index (χ1n) is 8.48. The Bertz CT molecular complexity index is 917. The quantitative estimate of drug-likeness (QED) is 0.757. The molecule has 2 heterocycles. The van der Waals surface area contributed by atoms with E-state index in [9.17, 15) is 4.79 Å². The highest BCUT2D eigenvalue weighted by molar-refractivity contribution is 5.92. The fourth-order valence-corrected chi connectivity index (χ4v) is 2.96. The molecule has 2 aromatic carbocycles. The predicted molar refractivity (Wildman–Crippen MR) is 98.5 cm³/mol. The standard InChI is InChI=1S/C20H20N2O4/c1-13(18-9-14-5-3-4-6-16(14)26-18)22(2)11-20(23)21-15-7-8-17-19(10-15)25-12-24-17/h3-10,13H,11-12H2,1-2H3,(H,21,23)/t13-/m1/s1. The summed E-state index contributed by atoms with van der Waals surface area (Å²) in [5.74, 6) is 2.07. The number of fused-ring (bicyclic) bond motifs is 2. The Balaban J connectivity index is 1.40. The molecule has 3 aromatic rings. The maximum absolute atomic E-state index is 12.4. The summed E-state index contributed by atoms with van der Waals surface area (Å²) in [7, 11) is 1.90. The van der Waals surface area contributed by atoms with E-state index in [1.807, 2.05) is 49.2 Å². The van der Waals surface area contributed by atoms with E-state index in [0.29, 0.717) is 17.2 Å². The lowest BCUT2D eigenvalue weighted by Gasteiger charge is -2.22. The van der Waals surface area contributed by atoms with Gasteiger partial charge in [-0.15, -0.1) is 0 Å². The molecule has 4 rings (SSSR count). The molecule has 1 amide bonds. The zero-order valence-corrected chi connectivity index (χ0v) is 14.7. The van der Waals surface area contributed by atoms with Gasteiger partial charge in [0, 0.05) is 17.1 Å². The first kappa shape index (κ1) is 16.5. The average Bonchev–Trinajstić information content (AvgIpc) is 3.26. The largest absolute Gasteiger partial charge is 0.459 e. The summed E-state index contributed by atoms with van der Waals surface area (Å²) < 4.78 is 16.5. The fourth-order valence-electron chi connectivity index (χ4n) is 2.96. The van der Waals surface area contributed by atoms with Crippen LogP contribution in [0.3, 0.4) is 0 Å². The highest BCUT2D eigenvalue weighted by atomic mass is 16.7. The third kappa shape index (κ3) is 3.23. The van der Waals surface area contributed by atoms with Crippen LogP contribution in [-0.2, 0) is 4.79 Å². The van der Waals surface area contributed by atoms with Gasteiger partial charge in [0.25, 0.3) is 0 Å². The Morgan fingerprint density at radius 2 is 1.96 bits per heavy atom. The minimum absolute atomic E-state index is 0.0232. The molecule has 6 nitrogen and oxygen atoms in total. The van der Waals surface area contributed by atoms with Crippen LogP contribution >= 0.6 is 0 Å². The maximum Gasteiger partial charge on any atom is 0.238 e. The predicted octanol–water partition coefficient (Wildman–Crippen LogP) is 3.79. The Labute approximate surface area is 151 Å². The topological polar surface area (TPSA) is 63.9 Å². The zero-order valence-electron chi connectivity index (χ0n) is 14.7. The van der Waals surface area contributed by atoms with Crippen molar-refractivity contribution in [1.29, 1.82) is 0 Å². The van der Waals surface area contributed by atoms with E-state index in [1.165, 1.54) is 0 Å². The molecule has 1 aromatic heterocycles. The lowest BCUT2D eigenvalue weighted by molar-refractivity contribution is -0.117. The number of amides is 1. The molecule has 0 radical (unpaired) electrons. The molecular weight excluding hydrogens is 332 g/mol. The number of para-hydroxylation sites is 1. The lowest BCUT2D eigenvalue weighted by atomic mass is 10.2. The van der Waals surface area contributed by atoms with E-state index in [4.69, 9.17) is 13.9 Å². The third-order valence-electron chi connectivity index (χ3n) is 4.57. The van der Waals surface area contributed by atoms with Crippen molar-refractivity contribution in [2.75, 3.05) is 25.7 Å². The molecule has 0 bridgehead atoms. The van der Waals surface area contributed by atoms with Crippen LogP contribution < -0.4 is 14.8 Å². The molecule has 0 saturated carbocycles. The summed E-state index contributed by atoms with van der Waals surface area (Å²) in [4.78, 5) is 14.3. The number of nitrogens with one attached hydrogen (secondary N) is 1. The SMILES string of the molecule is C[C@H](c1cc2ccccc2o1)N(C)CC(=O)Nc1ccc2c(c1)OCO2. The van der Waals surface area contributed by atoms with Gasteiger partial charge >= 0.3 is 0 Å². The molecule has 0 fully saturated rings. The van der Waals surface area contributed by atoms with Crippen LogP contribution in [0.4, 0.5) is 5.69 Å². The van der Waals surface area contributed by atoms with Crippen LogP contribution in [0.25, 0.3) is 11.0 Å². The van der Waals surface area contributed by atoms with Crippen molar-refractivity contribution in [1.82, 2.24) is 4.90 Å². The highest BCUT2D eigenvalue weighted by Crippen LogP contribution is 2.34. The van der Waals surface area contributed by atoms with Gasteiger partial charge in [0.05, 0.1) is 12.6 Å². The molecule has 0 aliphatic carbocycles. The normalized spacial score (nSPS) is 14.0. The summed E-state index contributed by atoms with van der Waals surface area (Å²) in [5.41, 5.74) is 1.54. The molecular formula is C20H20N2O4. The summed E-state index contributed by atoms with van der Waals surface area (Å²) >= 11 is 0. The number of ether oxygens (including phenoxy) is 2. The maximum atomic E-state index is 12.4. The monoisotopic (exact) mass is 352 g/mol. The number of benzene rings is 2. The van der Waals surface area contributed by atoms with Gasteiger partial charge < -0.3 is 19.2 Å². The number of likely N-dealkylation sites (N-methyl/N-ethyl adjacent to an activating group) is 1. The molecule has 1 aliphatic rings. The minimum atomic E-state index is -0.102. The molecule has 1 aliphatic heterocycles. The van der Waals surface area contributed by atoms with E-state index in [2.05, 4.69) is 5.32 Å². The van der Waals surface area contributed by atoms with Crippen LogP contribution in [0.15, 0.2) is 52.9 Å². The molecule has 0 spiro atoms. The van der Waals surface area contributed by atoms with Crippen molar-refractivity contribution in [2.45, 2.75) is 13.0 Å².